The molecule has 13 heavy (non-hydrogen) atoms. The van der Waals surface area contributed by atoms with Gasteiger partial charge in [0.25, 0.3) is 0 Å². The van der Waals surface area contributed by atoms with Gasteiger partial charge in [-0.1, -0.05) is 32.8 Å². The molecule has 0 N–H and O–H groups in total. The van der Waals surface area contributed by atoms with E-state index in [1.807, 2.05) is 6.07 Å². The van der Waals surface area contributed by atoms with Crippen LogP contribution >= 0.6 is 0 Å². The smallest absolute Gasteiger partial charge is 0.212 e. The number of hydrogen-bond acceptors (Lipinski definition) is 1. The van der Waals surface area contributed by atoms with Crippen LogP contribution in [-0.2, 0) is 0 Å². The maximum atomic E-state index is 12.5. The Morgan fingerprint density at radius 2 is 2.23 bits per heavy atom. The van der Waals surface area contributed by atoms with Crippen LogP contribution in [0.25, 0.3) is 0 Å². The van der Waals surface area contributed by atoms with Gasteiger partial charge in [-0.3, -0.25) is 0 Å². The van der Waals surface area contributed by atoms with Crippen LogP contribution in [0.1, 0.15) is 44.6 Å². The highest BCUT2D eigenvalue weighted by Gasteiger charge is 2.04. The van der Waals surface area contributed by atoms with Crippen LogP contribution in [0, 0.1) is 5.95 Å². The van der Waals surface area contributed by atoms with Crippen molar-refractivity contribution in [3.05, 3.63) is 29.8 Å². The summed E-state index contributed by atoms with van der Waals surface area (Å²) in [5.41, 5.74) is 1.13. The zero-order valence-electron chi connectivity index (χ0n) is 8.26. The predicted octanol–water partition coefficient (Wildman–Crippen LogP) is 3.51. The summed E-state index contributed by atoms with van der Waals surface area (Å²) in [6.45, 7) is 4.33. The normalized spacial score (nSPS) is 12.8. The monoisotopic (exact) mass is 181 g/mol. The molecule has 0 radical (unpaired) electrons. The lowest BCUT2D eigenvalue weighted by molar-refractivity contribution is 0.574. The number of nitrogens with zero attached hydrogens (tertiary/aromatic N) is 1. The highest BCUT2D eigenvalue weighted by atomic mass is 19.1. The van der Waals surface area contributed by atoms with Gasteiger partial charge in [0.1, 0.15) is 0 Å². The number of pyridine rings is 1. The van der Waals surface area contributed by atoms with E-state index in [0.717, 1.165) is 12.0 Å². The summed E-state index contributed by atoms with van der Waals surface area (Å²) in [6, 6.07) is 3.25. The first-order valence-electron chi connectivity index (χ1n) is 4.85. The standard InChI is InChI=1S/C11H16FN/c1-3-4-5-9(2)10-6-7-11(12)13-8-10/h6-9H,3-5H2,1-2H3. The van der Waals surface area contributed by atoms with Crippen molar-refractivity contribution in [2.45, 2.75) is 39.0 Å². The SMILES string of the molecule is CCCCC(C)c1ccc(F)nc1. The van der Waals surface area contributed by atoms with Crippen molar-refractivity contribution in [3.8, 4) is 0 Å². The van der Waals surface area contributed by atoms with Crippen LogP contribution in [0.4, 0.5) is 4.39 Å². The molecule has 0 amide bonds. The number of aromatic nitrogens is 1. The second-order valence-electron chi connectivity index (χ2n) is 3.46. The van der Waals surface area contributed by atoms with Gasteiger partial charge in [-0.15, -0.1) is 0 Å². The van der Waals surface area contributed by atoms with Crippen LogP contribution in [0.5, 0.6) is 0 Å². The molecule has 1 unspecified atom stereocenters. The summed E-state index contributed by atoms with van der Waals surface area (Å²) >= 11 is 0. The molecule has 1 heterocycles. The summed E-state index contributed by atoms with van der Waals surface area (Å²) in [7, 11) is 0. The van der Waals surface area contributed by atoms with Crippen molar-refractivity contribution < 1.29 is 4.39 Å². The zero-order chi connectivity index (χ0) is 9.68. The van der Waals surface area contributed by atoms with E-state index in [-0.39, 0.29) is 0 Å². The average molecular weight is 181 g/mol. The number of rotatable bonds is 4. The van der Waals surface area contributed by atoms with Crippen molar-refractivity contribution in [2.75, 3.05) is 0 Å². The van der Waals surface area contributed by atoms with Gasteiger partial charge in [-0.05, 0) is 24.0 Å². The Balaban J connectivity index is 2.55. The van der Waals surface area contributed by atoms with E-state index in [9.17, 15) is 4.39 Å². The molecule has 0 saturated carbocycles. The van der Waals surface area contributed by atoms with Crippen LogP contribution in [0.2, 0.25) is 0 Å². The second-order valence-corrected chi connectivity index (χ2v) is 3.46. The van der Waals surface area contributed by atoms with Gasteiger partial charge in [-0.2, -0.15) is 4.39 Å². The van der Waals surface area contributed by atoms with E-state index >= 15 is 0 Å². The van der Waals surface area contributed by atoms with Crippen molar-refractivity contribution in [1.29, 1.82) is 0 Å². The summed E-state index contributed by atoms with van der Waals surface area (Å²) < 4.78 is 12.5. The first kappa shape index (κ1) is 10.2. The van der Waals surface area contributed by atoms with Gasteiger partial charge < -0.3 is 0 Å². The number of halogens is 1. The summed E-state index contributed by atoms with van der Waals surface area (Å²) in [6.07, 6.45) is 5.22. The van der Waals surface area contributed by atoms with E-state index in [1.54, 1.807) is 6.20 Å². The summed E-state index contributed by atoms with van der Waals surface area (Å²) in [4.78, 5) is 3.64. The zero-order valence-corrected chi connectivity index (χ0v) is 8.26. The first-order chi connectivity index (χ1) is 6.24. The Bertz CT molecular complexity index is 243. The van der Waals surface area contributed by atoms with Gasteiger partial charge in [-0.25, -0.2) is 4.98 Å². The van der Waals surface area contributed by atoms with E-state index < -0.39 is 5.95 Å². The van der Waals surface area contributed by atoms with Crippen LogP contribution in [0.3, 0.4) is 0 Å². The number of hydrogen-bond donors (Lipinski definition) is 0. The van der Waals surface area contributed by atoms with Crippen molar-refractivity contribution >= 4 is 0 Å². The largest absolute Gasteiger partial charge is 0.228 e. The summed E-state index contributed by atoms with van der Waals surface area (Å²) in [5.74, 6) is 0.0968. The van der Waals surface area contributed by atoms with Gasteiger partial charge in [0.2, 0.25) is 5.95 Å². The van der Waals surface area contributed by atoms with Gasteiger partial charge in [0, 0.05) is 6.20 Å². The molecule has 0 aliphatic carbocycles. The molecular formula is C11H16FN. The molecule has 2 heteroatoms. The number of unbranched alkanes of at least 4 members (excludes halogenated alkanes) is 1. The molecule has 0 aliphatic heterocycles. The fourth-order valence-corrected chi connectivity index (χ4v) is 1.36. The topological polar surface area (TPSA) is 12.9 Å². The second kappa shape index (κ2) is 4.95. The maximum absolute atomic E-state index is 12.5. The third kappa shape index (κ3) is 3.13. The van der Waals surface area contributed by atoms with Crippen molar-refractivity contribution in [1.82, 2.24) is 4.98 Å². The van der Waals surface area contributed by atoms with E-state index in [4.69, 9.17) is 0 Å². The van der Waals surface area contributed by atoms with E-state index in [1.165, 1.54) is 18.9 Å². The Kier molecular flexibility index (Phi) is 3.87. The molecule has 1 rings (SSSR count). The van der Waals surface area contributed by atoms with Crippen LogP contribution in [0.15, 0.2) is 18.3 Å². The maximum Gasteiger partial charge on any atom is 0.212 e. The lowest BCUT2D eigenvalue weighted by Gasteiger charge is -2.09. The van der Waals surface area contributed by atoms with Gasteiger partial charge in [0.05, 0.1) is 0 Å². The molecule has 1 atom stereocenters. The molecule has 72 valence electrons. The molecule has 1 nitrogen and oxygen atoms in total. The first-order valence-corrected chi connectivity index (χ1v) is 4.85. The fourth-order valence-electron chi connectivity index (χ4n) is 1.36. The van der Waals surface area contributed by atoms with E-state index in [2.05, 4.69) is 18.8 Å². The van der Waals surface area contributed by atoms with Gasteiger partial charge in [0.15, 0.2) is 0 Å². The van der Waals surface area contributed by atoms with Crippen LogP contribution in [-0.4, -0.2) is 4.98 Å². The molecule has 0 bridgehead atoms. The van der Waals surface area contributed by atoms with Crippen molar-refractivity contribution in [3.63, 3.8) is 0 Å². The molecule has 0 aromatic carbocycles. The lowest BCUT2D eigenvalue weighted by Crippen LogP contribution is -1.95. The average Bonchev–Trinajstić information content (AvgIpc) is 2.15. The van der Waals surface area contributed by atoms with Crippen LogP contribution < -0.4 is 0 Å². The minimum absolute atomic E-state index is 0.397. The minimum atomic E-state index is -0.397. The third-order valence-electron chi connectivity index (χ3n) is 2.31. The quantitative estimate of drug-likeness (QED) is 0.648. The molecular weight excluding hydrogens is 165 g/mol. The Hall–Kier alpha value is -0.920. The summed E-state index contributed by atoms with van der Waals surface area (Å²) in [5, 5.41) is 0. The van der Waals surface area contributed by atoms with Crippen molar-refractivity contribution in [2.24, 2.45) is 0 Å². The van der Waals surface area contributed by atoms with E-state index in [0.29, 0.717) is 5.92 Å². The Morgan fingerprint density at radius 3 is 2.77 bits per heavy atom. The third-order valence-corrected chi connectivity index (χ3v) is 2.31. The Morgan fingerprint density at radius 1 is 1.46 bits per heavy atom. The Labute approximate surface area is 79.0 Å². The predicted molar refractivity (Wildman–Crippen MR) is 52.1 cm³/mol. The lowest BCUT2D eigenvalue weighted by atomic mass is 9.97. The molecule has 0 fully saturated rings. The highest BCUT2D eigenvalue weighted by Crippen LogP contribution is 2.20. The van der Waals surface area contributed by atoms with Gasteiger partial charge >= 0.3 is 0 Å². The fraction of sp³-hybridized carbons (Fsp3) is 0.545. The molecule has 0 saturated heterocycles. The molecule has 0 aliphatic rings. The molecule has 1 aromatic heterocycles. The minimum Gasteiger partial charge on any atom is -0.228 e. The highest BCUT2D eigenvalue weighted by molar-refractivity contribution is 5.13. The molecule has 1 aromatic rings. The molecule has 0 spiro atoms.